The monoisotopic (exact) mass is 404 g/mol. The summed E-state index contributed by atoms with van der Waals surface area (Å²) in [5.74, 6) is 0.788. The van der Waals surface area contributed by atoms with Crippen molar-refractivity contribution in [2.24, 2.45) is 0 Å². The molecule has 1 aliphatic rings. The molecule has 1 fully saturated rings. The van der Waals surface area contributed by atoms with E-state index in [1.807, 2.05) is 18.2 Å². The summed E-state index contributed by atoms with van der Waals surface area (Å²) < 4.78 is 29.7. The van der Waals surface area contributed by atoms with Gasteiger partial charge < -0.3 is 10.1 Å². The Balaban J connectivity index is 1.93. The van der Waals surface area contributed by atoms with Crippen molar-refractivity contribution in [2.75, 3.05) is 25.2 Å². The van der Waals surface area contributed by atoms with E-state index >= 15 is 0 Å². The number of anilines is 1. The lowest BCUT2D eigenvalue weighted by molar-refractivity contribution is -0.385. The number of nitro benzene ring substituents is 1. The fourth-order valence-electron chi connectivity index (χ4n) is 3.91. The Kier molecular flexibility index (Phi) is 5.60. The van der Waals surface area contributed by atoms with Gasteiger partial charge in [0.15, 0.2) is 9.84 Å². The molecule has 150 valence electrons. The van der Waals surface area contributed by atoms with E-state index in [1.165, 1.54) is 12.1 Å². The second kappa shape index (κ2) is 7.79. The molecule has 28 heavy (non-hydrogen) atoms. The molecule has 0 bridgehead atoms. The Bertz CT molecular complexity index is 982. The van der Waals surface area contributed by atoms with Crippen LogP contribution in [0.3, 0.4) is 0 Å². The van der Waals surface area contributed by atoms with Gasteiger partial charge in [-0.2, -0.15) is 0 Å². The fraction of sp³-hybridized carbons (Fsp3) is 0.400. The topological polar surface area (TPSA) is 98.5 Å². The highest BCUT2D eigenvalue weighted by Gasteiger charge is 2.36. The van der Waals surface area contributed by atoms with Crippen molar-refractivity contribution >= 4 is 21.2 Å². The number of rotatable bonds is 7. The van der Waals surface area contributed by atoms with E-state index in [2.05, 4.69) is 11.4 Å². The first-order chi connectivity index (χ1) is 13.2. The average molecular weight is 404 g/mol. The van der Waals surface area contributed by atoms with Crippen LogP contribution >= 0.6 is 0 Å². The van der Waals surface area contributed by atoms with Crippen LogP contribution in [0.2, 0.25) is 0 Å². The van der Waals surface area contributed by atoms with Crippen LogP contribution in [0.1, 0.15) is 31.2 Å². The summed E-state index contributed by atoms with van der Waals surface area (Å²) in [6, 6.07) is 11.9. The molecule has 0 spiro atoms. The van der Waals surface area contributed by atoms with Gasteiger partial charge in [-0.15, -0.1) is 0 Å². The molecule has 0 heterocycles. The summed E-state index contributed by atoms with van der Waals surface area (Å²) in [4.78, 5) is 10.4. The third kappa shape index (κ3) is 4.11. The summed E-state index contributed by atoms with van der Waals surface area (Å²) in [7, 11) is -1.98. The van der Waals surface area contributed by atoms with Gasteiger partial charge in [0.1, 0.15) is 5.75 Å². The summed E-state index contributed by atoms with van der Waals surface area (Å²) in [6.07, 6.45) is 5.21. The molecule has 1 saturated carbocycles. The van der Waals surface area contributed by atoms with E-state index in [1.54, 1.807) is 7.11 Å². The molecular formula is C20H24N2O5S. The number of hydrogen-bond donors (Lipinski definition) is 1. The highest BCUT2D eigenvalue weighted by atomic mass is 32.2. The largest absolute Gasteiger partial charge is 0.497 e. The van der Waals surface area contributed by atoms with Crippen molar-refractivity contribution in [3.05, 3.63) is 58.1 Å². The quantitative estimate of drug-likeness (QED) is 0.554. The zero-order valence-corrected chi connectivity index (χ0v) is 16.8. The highest BCUT2D eigenvalue weighted by Crippen LogP contribution is 2.42. The number of sulfone groups is 1. The van der Waals surface area contributed by atoms with Gasteiger partial charge in [-0.1, -0.05) is 25.0 Å². The van der Waals surface area contributed by atoms with E-state index in [0.717, 1.165) is 49.3 Å². The normalized spacial score (nSPS) is 15.9. The molecule has 0 saturated heterocycles. The smallest absolute Gasteiger partial charge is 0.270 e. The number of hydrogen-bond acceptors (Lipinski definition) is 6. The lowest BCUT2D eigenvalue weighted by Crippen LogP contribution is -2.31. The molecule has 1 aliphatic carbocycles. The first-order valence-corrected chi connectivity index (χ1v) is 11.0. The minimum Gasteiger partial charge on any atom is -0.497 e. The average Bonchev–Trinajstić information content (AvgIpc) is 3.15. The molecule has 0 aromatic heterocycles. The number of nitro groups is 1. The molecule has 0 radical (unpaired) electrons. The standard InChI is InChI=1S/C20H24N2O5S/c1-27-17-7-5-6-15(12-17)20(10-3-4-11-20)14-21-18-9-8-16(22(23)24)13-19(18)28(2,25)26/h5-9,12-13,21H,3-4,10-11,14H2,1-2H3. The second-order valence-electron chi connectivity index (χ2n) is 7.28. The van der Waals surface area contributed by atoms with Gasteiger partial charge in [-0.05, 0) is 36.6 Å². The minimum atomic E-state index is -3.62. The van der Waals surface area contributed by atoms with Gasteiger partial charge in [0.2, 0.25) is 0 Å². The summed E-state index contributed by atoms with van der Waals surface area (Å²) >= 11 is 0. The summed E-state index contributed by atoms with van der Waals surface area (Å²) in [5, 5.41) is 14.3. The molecule has 8 heteroatoms. The van der Waals surface area contributed by atoms with Crippen molar-refractivity contribution < 1.29 is 18.1 Å². The summed E-state index contributed by atoms with van der Waals surface area (Å²) in [5.41, 5.74) is 1.17. The van der Waals surface area contributed by atoms with Crippen molar-refractivity contribution in [3.63, 3.8) is 0 Å². The number of nitrogens with one attached hydrogen (secondary N) is 1. The van der Waals surface area contributed by atoms with E-state index in [0.29, 0.717) is 12.2 Å². The lowest BCUT2D eigenvalue weighted by Gasteiger charge is -2.31. The third-order valence-corrected chi connectivity index (χ3v) is 6.57. The molecule has 7 nitrogen and oxygen atoms in total. The Morgan fingerprint density at radius 1 is 1.18 bits per heavy atom. The van der Waals surface area contributed by atoms with E-state index < -0.39 is 14.8 Å². The van der Waals surface area contributed by atoms with Crippen molar-refractivity contribution in [1.82, 2.24) is 0 Å². The Morgan fingerprint density at radius 3 is 2.50 bits per heavy atom. The Labute approximate surface area is 164 Å². The van der Waals surface area contributed by atoms with Crippen molar-refractivity contribution in [3.8, 4) is 5.75 Å². The molecule has 0 atom stereocenters. The zero-order valence-electron chi connectivity index (χ0n) is 16.0. The van der Waals surface area contributed by atoms with Gasteiger partial charge in [0, 0.05) is 30.3 Å². The number of benzene rings is 2. The van der Waals surface area contributed by atoms with Crippen LogP contribution in [-0.2, 0) is 15.3 Å². The SMILES string of the molecule is COc1cccc(C2(CNc3ccc([N+](=O)[O-])cc3S(C)(=O)=O)CCCC2)c1. The van der Waals surface area contributed by atoms with E-state index in [9.17, 15) is 18.5 Å². The minimum absolute atomic E-state index is 0.0551. The van der Waals surface area contributed by atoms with Crippen molar-refractivity contribution in [2.45, 2.75) is 36.0 Å². The van der Waals surface area contributed by atoms with E-state index in [4.69, 9.17) is 4.74 Å². The number of methoxy groups -OCH3 is 1. The molecule has 0 aliphatic heterocycles. The van der Waals surface area contributed by atoms with Gasteiger partial charge in [0.25, 0.3) is 5.69 Å². The predicted molar refractivity (Wildman–Crippen MR) is 108 cm³/mol. The maximum Gasteiger partial charge on any atom is 0.270 e. The fourth-order valence-corrected chi connectivity index (χ4v) is 4.79. The molecule has 2 aromatic carbocycles. The van der Waals surface area contributed by atoms with Gasteiger partial charge >= 0.3 is 0 Å². The predicted octanol–water partition coefficient (Wildman–Crippen LogP) is 3.93. The van der Waals surface area contributed by atoms with E-state index in [-0.39, 0.29) is 16.0 Å². The second-order valence-corrected chi connectivity index (χ2v) is 9.27. The Morgan fingerprint density at radius 2 is 1.89 bits per heavy atom. The number of nitrogens with zero attached hydrogens (tertiary/aromatic N) is 1. The number of ether oxygens (including phenoxy) is 1. The van der Waals surface area contributed by atoms with Crippen LogP contribution < -0.4 is 10.1 Å². The third-order valence-electron chi connectivity index (χ3n) is 5.44. The zero-order chi connectivity index (χ0) is 20.4. The van der Waals surface area contributed by atoms with Crippen LogP contribution in [0, 0.1) is 10.1 Å². The lowest BCUT2D eigenvalue weighted by atomic mass is 9.78. The Hall–Kier alpha value is -2.61. The van der Waals surface area contributed by atoms with Crippen LogP contribution in [-0.4, -0.2) is 33.3 Å². The van der Waals surface area contributed by atoms with Gasteiger partial charge in [-0.25, -0.2) is 8.42 Å². The molecule has 0 unspecified atom stereocenters. The number of non-ortho nitro benzene ring substituents is 1. The summed E-state index contributed by atoms with van der Waals surface area (Å²) in [6.45, 7) is 0.542. The van der Waals surface area contributed by atoms with Crippen LogP contribution in [0.15, 0.2) is 47.4 Å². The van der Waals surface area contributed by atoms with Gasteiger partial charge in [-0.3, -0.25) is 10.1 Å². The molecule has 3 rings (SSSR count). The van der Waals surface area contributed by atoms with Gasteiger partial charge in [0.05, 0.1) is 22.6 Å². The maximum absolute atomic E-state index is 12.2. The molecule has 0 amide bonds. The molecule has 2 aromatic rings. The first kappa shape index (κ1) is 20.1. The van der Waals surface area contributed by atoms with Crippen LogP contribution in [0.4, 0.5) is 11.4 Å². The van der Waals surface area contributed by atoms with Crippen LogP contribution in [0.25, 0.3) is 0 Å². The first-order valence-electron chi connectivity index (χ1n) is 9.12. The molecular weight excluding hydrogens is 380 g/mol. The molecule has 1 N–H and O–H groups in total. The van der Waals surface area contributed by atoms with Crippen LogP contribution in [0.5, 0.6) is 5.75 Å². The maximum atomic E-state index is 12.2. The highest BCUT2D eigenvalue weighted by molar-refractivity contribution is 7.90. The van der Waals surface area contributed by atoms with Crippen molar-refractivity contribution in [1.29, 1.82) is 0 Å².